The van der Waals surface area contributed by atoms with Crippen molar-refractivity contribution in [1.82, 2.24) is 4.90 Å². The number of aliphatic hydroxyl groups is 1. The number of carbonyl (C=O) groups is 1. The highest BCUT2D eigenvalue weighted by Gasteiger charge is 2.29. The maximum absolute atomic E-state index is 11.7. The summed E-state index contributed by atoms with van der Waals surface area (Å²) in [6, 6.07) is 0. The highest BCUT2D eigenvalue weighted by atomic mass is 32.1. The number of likely N-dealkylation sites (tertiary alicyclic amines) is 1. The van der Waals surface area contributed by atoms with Crippen molar-refractivity contribution in [2.75, 3.05) is 13.1 Å². The van der Waals surface area contributed by atoms with Gasteiger partial charge in [0.05, 0.1) is 11.4 Å². The van der Waals surface area contributed by atoms with Gasteiger partial charge in [-0.15, -0.1) is 0 Å². The van der Waals surface area contributed by atoms with E-state index in [4.69, 9.17) is 0 Å². The van der Waals surface area contributed by atoms with Gasteiger partial charge >= 0.3 is 0 Å². The van der Waals surface area contributed by atoms with Gasteiger partial charge in [0.15, 0.2) is 0 Å². The van der Waals surface area contributed by atoms with Crippen LogP contribution >= 0.6 is 12.6 Å². The molecular formula is C10H19NO2S. The average molecular weight is 217 g/mol. The van der Waals surface area contributed by atoms with Crippen LogP contribution in [0.15, 0.2) is 0 Å². The average Bonchev–Trinajstić information content (AvgIpc) is 2.20. The topological polar surface area (TPSA) is 40.5 Å². The van der Waals surface area contributed by atoms with Crippen molar-refractivity contribution in [3.05, 3.63) is 0 Å². The Bertz CT molecular complexity index is 210. The van der Waals surface area contributed by atoms with E-state index in [0.29, 0.717) is 12.5 Å². The predicted molar refractivity (Wildman–Crippen MR) is 59.4 cm³/mol. The number of hydrogen-bond acceptors (Lipinski definition) is 3. The van der Waals surface area contributed by atoms with Crippen LogP contribution in [0.2, 0.25) is 0 Å². The summed E-state index contributed by atoms with van der Waals surface area (Å²) in [6.45, 7) is 5.19. The molecule has 1 aliphatic rings. The summed E-state index contributed by atoms with van der Waals surface area (Å²) >= 11 is 4.21. The largest absolute Gasteiger partial charge is 0.391 e. The maximum atomic E-state index is 11.7. The number of piperidine rings is 1. The van der Waals surface area contributed by atoms with E-state index in [0.717, 1.165) is 19.4 Å². The van der Waals surface area contributed by atoms with Crippen LogP contribution in [-0.2, 0) is 4.79 Å². The zero-order valence-corrected chi connectivity index (χ0v) is 9.70. The van der Waals surface area contributed by atoms with E-state index in [9.17, 15) is 9.90 Å². The summed E-state index contributed by atoms with van der Waals surface area (Å²) in [5.74, 6) is 0.362. The molecule has 3 nitrogen and oxygen atoms in total. The molecule has 3 atom stereocenters. The fraction of sp³-hybridized carbons (Fsp3) is 0.900. The molecule has 1 aliphatic heterocycles. The van der Waals surface area contributed by atoms with Crippen LogP contribution in [-0.4, -0.2) is 40.4 Å². The third-order valence-electron chi connectivity index (χ3n) is 2.90. The quantitative estimate of drug-likeness (QED) is 0.675. The predicted octanol–water partition coefficient (Wildman–Crippen LogP) is 0.924. The lowest BCUT2D eigenvalue weighted by atomic mass is 9.96. The van der Waals surface area contributed by atoms with E-state index in [2.05, 4.69) is 12.6 Å². The summed E-state index contributed by atoms with van der Waals surface area (Å²) in [5.41, 5.74) is 0. The van der Waals surface area contributed by atoms with Crippen LogP contribution in [0, 0.1) is 5.92 Å². The molecule has 1 fully saturated rings. The van der Waals surface area contributed by atoms with Crippen molar-refractivity contribution < 1.29 is 9.90 Å². The van der Waals surface area contributed by atoms with E-state index in [1.165, 1.54) is 0 Å². The number of carbonyl (C=O) groups excluding carboxylic acids is 1. The number of β-amino-alcohol motifs (C(OH)–C–C–N with tert-alkyl or cyclic N) is 1. The molecule has 0 radical (unpaired) electrons. The zero-order valence-electron chi connectivity index (χ0n) is 8.81. The van der Waals surface area contributed by atoms with Gasteiger partial charge in [0.1, 0.15) is 0 Å². The highest BCUT2D eigenvalue weighted by Crippen LogP contribution is 2.18. The smallest absolute Gasteiger partial charge is 0.235 e. The summed E-state index contributed by atoms with van der Waals surface area (Å²) in [7, 11) is 0. The van der Waals surface area contributed by atoms with E-state index in [1.54, 1.807) is 4.90 Å². The monoisotopic (exact) mass is 217 g/mol. The number of aliphatic hydroxyl groups excluding tert-OH is 1. The Balaban J connectivity index is 2.50. The molecule has 0 aromatic carbocycles. The fourth-order valence-electron chi connectivity index (χ4n) is 1.63. The second-order valence-electron chi connectivity index (χ2n) is 4.04. The number of thiol groups is 1. The second-order valence-corrected chi connectivity index (χ2v) is 4.66. The van der Waals surface area contributed by atoms with Crippen LogP contribution in [0.25, 0.3) is 0 Å². The summed E-state index contributed by atoms with van der Waals surface area (Å²) < 4.78 is 0. The number of hydrogen-bond donors (Lipinski definition) is 2. The highest BCUT2D eigenvalue weighted by molar-refractivity contribution is 7.81. The minimum Gasteiger partial charge on any atom is -0.391 e. The van der Waals surface area contributed by atoms with Crippen molar-refractivity contribution in [3.63, 3.8) is 0 Å². The molecule has 1 saturated heterocycles. The molecule has 1 rings (SSSR count). The number of amides is 1. The molecule has 1 amide bonds. The minimum atomic E-state index is -0.370. The molecule has 0 bridgehead atoms. The van der Waals surface area contributed by atoms with E-state index in [1.807, 2.05) is 13.8 Å². The Morgan fingerprint density at radius 1 is 1.71 bits per heavy atom. The van der Waals surface area contributed by atoms with Gasteiger partial charge in [0.2, 0.25) is 5.91 Å². The van der Waals surface area contributed by atoms with Crippen molar-refractivity contribution in [2.24, 2.45) is 5.92 Å². The Kier molecular flexibility index (Phi) is 4.26. The lowest BCUT2D eigenvalue weighted by Crippen LogP contribution is -2.48. The van der Waals surface area contributed by atoms with Crippen LogP contribution in [0.1, 0.15) is 26.7 Å². The Morgan fingerprint density at radius 3 is 2.86 bits per heavy atom. The van der Waals surface area contributed by atoms with Crippen LogP contribution in [0.3, 0.4) is 0 Å². The van der Waals surface area contributed by atoms with Gasteiger partial charge in [0.25, 0.3) is 0 Å². The van der Waals surface area contributed by atoms with Crippen molar-refractivity contribution >= 4 is 18.5 Å². The van der Waals surface area contributed by atoms with E-state index < -0.39 is 0 Å². The second kappa shape index (κ2) is 5.03. The minimum absolute atomic E-state index is 0.0572. The Labute approximate surface area is 90.9 Å². The zero-order chi connectivity index (χ0) is 10.7. The third-order valence-corrected chi connectivity index (χ3v) is 3.49. The third kappa shape index (κ3) is 2.64. The lowest BCUT2D eigenvalue weighted by Gasteiger charge is -2.35. The first-order valence-corrected chi connectivity index (χ1v) is 5.72. The Hall–Kier alpha value is -0.220. The first-order valence-electron chi connectivity index (χ1n) is 5.21. The van der Waals surface area contributed by atoms with Crippen molar-refractivity contribution in [2.45, 2.75) is 38.0 Å². The summed E-state index contributed by atoms with van der Waals surface area (Å²) in [5, 5.41) is 9.42. The standard InChI is InChI=1S/C10H19NO2S/c1-3-9(14)10(13)11-5-4-7(2)8(12)6-11/h7-9,12,14H,3-6H2,1-2H3. The van der Waals surface area contributed by atoms with Gasteiger partial charge in [-0.2, -0.15) is 12.6 Å². The van der Waals surface area contributed by atoms with Crippen molar-refractivity contribution in [3.8, 4) is 0 Å². The molecule has 82 valence electrons. The maximum Gasteiger partial charge on any atom is 0.235 e. The van der Waals surface area contributed by atoms with Crippen molar-refractivity contribution in [1.29, 1.82) is 0 Å². The van der Waals surface area contributed by atoms with Gasteiger partial charge in [0, 0.05) is 13.1 Å². The Morgan fingerprint density at radius 2 is 2.36 bits per heavy atom. The molecule has 1 heterocycles. The molecule has 4 heteroatoms. The van der Waals surface area contributed by atoms with Gasteiger partial charge in [-0.1, -0.05) is 13.8 Å². The van der Waals surface area contributed by atoms with E-state index >= 15 is 0 Å². The first-order chi connectivity index (χ1) is 6.56. The van der Waals surface area contributed by atoms with E-state index in [-0.39, 0.29) is 17.3 Å². The summed E-state index contributed by atoms with van der Waals surface area (Å²) in [4.78, 5) is 13.4. The van der Waals surface area contributed by atoms with Gasteiger partial charge in [-0.25, -0.2) is 0 Å². The van der Waals surface area contributed by atoms with Crippen LogP contribution in [0.5, 0.6) is 0 Å². The number of nitrogens with zero attached hydrogens (tertiary/aromatic N) is 1. The number of rotatable bonds is 2. The molecule has 0 aromatic rings. The lowest BCUT2D eigenvalue weighted by molar-refractivity contribution is -0.134. The fourth-order valence-corrected chi connectivity index (χ4v) is 1.80. The SMILES string of the molecule is CCC(S)C(=O)N1CCC(C)C(O)C1. The molecule has 0 aliphatic carbocycles. The summed E-state index contributed by atoms with van der Waals surface area (Å²) in [6.07, 6.45) is 1.26. The normalized spacial score (nSPS) is 30.1. The van der Waals surface area contributed by atoms with Crippen LogP contribution in [0.4, 0.5) is 0 Å². The molecule has 0 spiro atoms. The van der Waals surface area contributed by atoms with Gasteiger partial charge in [-0.3, -0.25) is 4.79 Å². The first kappa shape index (κ1) is 11.9. The molecule has 14 heavy (non-hydrogen) atoms. The molecule has 1 N–H and O–H groups in total. The van der Waals surface area contributed by atoms with Gasteiger partial charge < -0.3 is 10.0 Å². The molecular weight excluding hydrogens is 198 g/mol. The van der Waals surface area contributed by atoms with Crippen LogP contribution < -0.4 is 0 Å². The molecule has 3 unspecified atom stereocenters. The van der Waals surface area contributed by atoms with Gasteiger partial charge in [-0.05, 0) is 18.8 Å². The molecule has 0 aromatic heterocycles. The molecule has 0 saturated carbocycles.